The number of halogens is 3. The van der Waals surface area contributed by atoms with Crippen LogP contribution in [0.1, 0.15) is 19.4 Å². The molecule has 90 valence electrons. The molecule has 0 bridgehead atoms. The highest BCUT2D eigenvalue weighted by Gasteiger charge is 2.31. The summed E-state index contributed by atoms with van der Waals surface area (Å²) in [7, 11) is 0. The summed E-state index contributed by atoms with van der Waals surface area (Å²) in [5, 5.41) is 0. The van der Waals surface area contributed by atoms with Crippen LogP contribution in [0.15, 0.2) is 24.3 Å². The lowest BCUT2D eigenvalue weighted by molar-refractivity contribution is -0.274. The van der Waals surface area contributed by atoms with Crippen LogP contribution in [-0.4, -0.2) is 6.36 Å². The summed E-state index contributed by atoms with van der Waals surface area (Å²) in [6.45, 7) is 3.40. The first kappa shape index (κ1) is 12.8. The Labute approximate surface area is 90.9 Å². The first-order chi connectivity index (χ1) is 7.24. The minimum Gasteiger partial charge on any atom is -0.406 e. The second-order valence-corrected chi connectivity index (χ2v) is 3.70. The number of rotatable bonds is 3. The van der Waals surface area contributed by atoms with Gasteiger partial charge in [0.05, 0.1) is 0 Å². The molecule has 0 saturated heterocycles. The average molecular weight is 235 g/mol. The van der Waals surface area contributed by atoms with Crippen LogP contribution >= 0.6 is 0 Å². The monoisotopic (exact) mass is 235 g/mol. The molecule has 1 aromatic rings. The smallest absolute Gasteiger partial charge is 0.406 e. The molecule has 16 heavy (non-hydrogen) atoms. The van der Waals surface area contributed by atoms with Crippen molar-refractivity contribution in [3.63, 3.8) is 0 Å². The van der Waals surface area contributed by atoms with Gasteiger partial charge in [-0.3, -0.25) is 4.84 Å². The van der Waals surface area contributed by atoms with Crippen LogP contribution in [0.4, 0.5) is 13.2 Å². The van der Waals surface area contributed by atoms with E-state index in [-0.39, 0.29) is 5.75 Å². The summed E-state index contributed by atoms with van der Waals surface area (Å²) in [4.78, 5) is 4.70. The van der Waals surface area contributed by atoms with Gasteiger partial charge in [0.25, 0.3) is 0 Å². The van der Waals surface area contributed by atoms with E-state index in [4.69, 9.17) is 10.7 Å². The molecule has 2 N–H and O–H groups in total. The Hall–Kier alpha value is -1.27. The first-order valence-corrected chi connectivity index (χ1v) is 4.49. The number of nitrogens with two attached hydrogens (primary N) is 1. The van der Waals surface area contributed by atoms with E-state index < -0.39 is 12.0 Å². The van der Waals surface area contributed by atoms with Crippen molar-refractivity contribution < 1.29 is 22.7 Å². The minimum atomic E-state index is -4.68. The highest BCUT2D eigenvalue weighted by atomic mass is 19.4. The van der Waals surface area contributed by atoms with Crippen molar-refractivity contribution in [1.82, 2.24) is 0 Å². The molecule has 0 unspecified atom stereocenters. The van der Waals surface area contributed by atoms with E-state index in [1.54, 1.807) is 13.8 Å². The maximum Gasteiger partial charge on any atom is 0.573 e. The minimum absolute atomic E-state index is 0.274. The Morgan fingerprint density at radius 1 is 1.06 bits per heavy atom. The first-order valence-electron chi connectivity index (χ1n) is 4.49. The Morgan fingerprint density at radius 2 is 1.56 bits per heavy atom. The van der Waals surface area contributed by atoms with Gasteiger partial charge in [-0.15, -0.1) is 13.2 Å². The largest absolute Gasteiger partial charge is 0.573 e. The van der Waals surface area contributed by atoms with E-state index in [1.807, 2.05) is 0 Å². The fraction of sp³-hybridized carbons (Fsp3) is 0.400. The summed E-state index contributed by atoms with van der Waals surface area (Å²) >= 11 is 0. The van der Waals surface area contributed by atoms with Crippen molar-refractivity contribution >= 4 is 0 Å². The Morgan fingerprint density at radius 3 is 1.94 bits per heavy atom. The third-order valence-electron chi connectivity index (χ3n) is 2.08. The zero-order valence-corrected chi connectivity index (χ0v) is 8.84. The number of hydrogen-bond acceptors (Lipinski definition) is 3. The molecular formula is C10H12F3NO2. The molecule has 0 saturated carbocycles. The van der Waals surface area contributed by atoms with Crippen molar-refractivity contribution in [3.05, 3.63) is 29.8 Å². The number of ether oxygens (including phenoxy) is 1. The second kappa shape index (κ2) is 4.31. The van der Waals surface area contributed by atoms with Gasteiger partial charge in [-0.25, -0.2) is 5.90 Å². The summed E-state index contributed by atoms with van der Waals surface area (Å²) in [6.07, 6.45) is -4.68. The van der Waals surface area contributed by atoms with Crippen LogP contribution in [-0.2, 0) is 10.4 Å². The Kier molecular flexibility index (Phi) is 3.44. The fourth-order valence-corrected chi connectivity index (χ4v) is 1.13. The molecule has 6 heteroatoms. The van der Waals surface area contributed by atoms with Crippen LogP contribution in [0, 0.1) is 0 Å². The summed E-state index contributed by atoms with van der Waals surface area (Å²) in [5.74, 6) is 4.79. The van der Waals surface area contributed by atoms with Gasteiger partial charge in [-0.1, -0.05) is 12.1 Å². The van der Waals surface area contributed by atoms with E-state index in [1.165, 1.54) is 24.3 Å². The molecule has 0 heterocycles. The molecule has 0 fully saturated rings. The number of hydrogen-bond donors (Lipinski definition) is 1. The maximum absolute atomic E-state index is 11.9. The van der Waals surface area contributed by atoms with Crippen molar-refractivity contribution in [2.75, 3.05) is 0 Å². The molecule has 0 amide bonds. The van der Waals surface area contributed by atoms with Crippen molar-refractivity contribution in [1.29, 1.82) is 0 Å². The van der Waals surface area contributed by atoms with Crippen molar-refractivity contribution in [2.45, 2.75) is 25.8 Å². The molecule has 0 aliphatic heterocycles. The van der Waals surface area contributed by atoms with Gasteiger partial charge in [0.15, 0.2) is 0 Å². The summed E-state index contributed by atoms with van der Waals surface area (Å²) < 4.78 is 39.4. The Bertz CT molecular complexity index is 346. The summed E-state index contributed by atoms with van der Waals surface area (Å²) in [5.41, 5.74) is -0.0962. The molecule has 0 spiro atoms. The van der Waals surface area contributed by atoms with Gasteiger partial charge >= 0.3 is 6.36 Å². The quantitative estimate of drug-likeness (QED) is 0.819. The van der Waals surface area contributed by atoms with E-state index in [0.717, 1.165) is 0 Å². The lowest BCUT2D eigenvalue weighted by Gasteiger charge is -2.22. The lowest BCUT2D eigenvalue weighted by Crippen LogP contribution is -2.25. The van der Waals surface area contributed by atoms with E-state index >= 15 is 0 Å². The molecule has 1 aromatic carbocycles. The predicted octanol–water partition coefficient (Wildman–Crippen LogP) is 2.71. The molecule has 0 aliphatic carbocycles. The van der Waals surface area contributed by atoms with Gasteiger partial charge in [-0.2, -0.15) is 0 Å². The van der Waals surface area contributed by atoms with Gasteiger partial charge in [0.1, 0.15) is 11.4 Å². The van der Waals surface area contributed by atoms with Crippen LogP contribution in [0.5, 0.6) is 5.75 Å². The van der Waals surface area contributed by atoms with Crippen molar-refractivity contribution in [3.8, 4) is 5.75 Å². The molecule has 0 atom stereocenters. The number of alkyl halides is 3. The SMILES string of the molecule is CC(C)(ON)c1ccc(OC(F)(F)F)cc1. The number of benzene rings is 1. The Balaban J connectivity index is 2.84. The van der Waals surface area contributed by atoms with Crippen LogP contribution in [0.2, 0.25) is 0 Å². The standard InChI is InChI=1S/C10H12F3NO2/c1-9(2,16-14)7-3-5-8(6-4-7)15-10(11,12)13/h3-6H,14H2,1-2H3. The van der Waals surface area contributed by atoms with E-state index in [2.05, 4.69) is 4.74 Å². The van der Waals surface area contributed by atoms with Crippen LogP contribution in [0.25, 0.3) is 0 Å². The van der Waals surface area contributed by atoms with Gasteiger partial charge in [0.2, 0.25) is 0 Å². The third-order valence-corrected chi connectivity index (χ3v) is 2.08. The normalized spacial score (nSPS) is 12.6. The third kappa shape index (κ3) is 3.39. The van der Waals surface area contributed by atoms with Gasteiger partial charge in [0, 0.05) is 0 Å². The maximum atomic E-state index is 11.9. The van der Waals surface area contributed by atoms with E-state index in [9.17, 15) is 13.2 Å². The molecule has 0 radical (unpaired) electrons. The zero-order chi connectivity index (χ0) is 12.4. The van der Waals surface area contributed by atoms with Gasteiger partial charge in [-0.05, 0) is 31.5 Å². The topological polar surface area (TPSA) is 44.5 Å². The molecule has 0 aliphatic rings. The molecule has 3 nitrogen and oxygen atoms in total. The highest BCUT2D eigenvalue weighted by Crippen LogP contribution is 2.27. The second-order valence-electron chi connectivity index (χ2n) is 3.70. The van der Waals surface area contributed by atoms with Crippen molar-refractivity contribution in [2.24, 2.45) is 5.90 Å². The zero-order valence-electron chi connectivity index (χ0n) is 8.84. The molecule has 1 rings (SSSR count). The lowest BCUT2D eigenvalue weighted by atomic mass is 9.98. The van der Waals surface area contributed by atoms with Crippen LogP contribution in [0.3, 0.4) is 0 Å². The predicted molar refractivity (Wildman–Crippen MR) is 51.4 cm³/mol. The van der Waals surface area contributed by atoms with Crippen LogP contribution < -0.4 is 10.6 Å². The summed E-state index contributed by atoms with van der Waals surface area (Å²) in [6, 6.07) is 5.36. The molecular weight excluding hydrogens is 223 g/mol. The molecule has 0 aromatic heterocycles. The average Bonchev–Trinajstić information content (AvgIpc) is 2.16. The van der Waals surface area contributed by atoms with Gasteiger partial charge < -0.3 is 4.74 Å². The fourth-order valence-electron chi connectivity index (χ4n) is 1.13. The van der Waals surface area contributed by atoms with E-state index in [0.29, 0.717) is 5.56 Å². The highest BCUT2D eigenvalue weighted by molar-refractivity contribution is 5.30.